The smallest absolute Gasteiger partial charge is 0.335 e. The van der Waals surface area contributed by atoms with Crippen molar-refractivity contribution in [2.75, 3.05) is 13.2 Å². The molecule has 0 bridgehead atoms. The summed E-state index contributed by atoms with van der Waals surface area (Å²) in [5.74, 6) is -3.13. The number of esters is 3. The number of hydrogen-bond donors (Lipinski definition) is 3. The van der Waals surface area contributed by atoms with Crippen molar-refractivity contribution < 1.29 is 58.2 Å². The van der Waals surface area contributed by atoms with Gasteiger partial charge in [-0.1, -0.05) is 186 Å². The van der Waals surface area contributed by atoms with E-state index in [0.717, 1.165) is 96.3 Å². The van der Waals surface area contributed by atoms with E-state index in [1.807, 2.05) is 0 Å². The van der Waals surface area contributed by atoms with Crippen LogP contribution in [-0.4, -0.2) is 89.2 Å². The number of carbonyl (C=O) groups is 4. The number of aliphatic hydroxyl groups is 2. The molecule has 388 valence electrons. The first kappa shape index (κ1) is 62.0. The largest absolute Gasteiger partial charge is 0.479 e. The van der Waals surface area contributed by atoms with E-state index in [4.69, 9.17) is 23.7 Å². The third-order valence-electron chi connectivity index (χ3n) is 12.2. The van der Waals surface area contributed by atoms with Crippen LogP contribution in [-0.2, 0) is 42.9 Å². The molecule has 67 heavy (non-hydrogen) atoms. The molecule has 1 aliphatic heterocycles. The second-order valence-corrected chi connectivity index (χ2v) is 18.5. The molecule has 1 fully saturated rings. The lowest BCUT2D eigenvalue weighted by atomic mass is 9.98. The number of carbonyl (C=O) groups excluding carboxylic acids is 3. The van der Waals surface area contributed by atoms with Crippen molar-refractivity contribution in [3.63, 3.8) is 0 Å². The van der Waals surface area contributed by atoms with Crippen molar-refractivity contribution >= 4 is 23.9 Å². The van der Waals surface area contributed by atoms with Gasteiger partial charge in [-0.3, -0.25) is 14.4 Å². The highest BCUT2D eigenvalue weighted by Crippen LogP contribution is 2.26. The zero-order chi connectivity index (χ0) is 49.0. The fraction of sp³-hybridized carbons (Fsp3) is 0.818. The van der Waals surface area contributed by atoms with Gasteiger partial charge in [0.25, 0.3) is 0 Å². The average Bonchev–Trinajstić information content (AvgIpc) is 3.31. The number of allylic oxidation sites excluding steroid dienone is 6. The first-order valence-electron chi connectivity index (χ1n) is 27.0. The summed E-state index contributed by atoms with van der Waals surface area (Å²) < 4.78 is 28.3. The molecule has 12 heteroatoms. The summed E-state index contributed by atoms with van der Waals surface area (Å²) in [7, 11) is 0. The van der Waals surface area contributed by atoms with Gasteiger partial charge in [0.15, 0.2) is 24.6 Å². The Morgan fingerprint density at radius 3 is 1.43 bits per heavy atom. The van der Waals surface area contributed by atoms with Crippen molar-refractivity contribution in [2.45, 2.75) is 276 Å². The molecule has 0 saturated carbocycles. The summed E-state index contributed by atoms with van der Waals surface area (Å²) in [6.07, 6.45) is 37.1. The molecule has 12 nitrogen and oxygen atoms in total. The summed E-state index contributed by atoms with van der Waals surface area (Å²) in [6.45, 7) is 5.87. The van der Waals surface area contributed by atoms with Gasteiger partial charge in [-0.25, -0.2) is 4.79 Å². The number of aliphatic carboxylic acids is 1. The lowest BCUT2D eigenvalue weighted by Crippen LogP contribution is -2.61. The van der Waals surface area contributed by atoms with E-state index in [-0.39, 0.29) is 25.9 Å². The Kier molecular flexibility index (Phi) is 40.8. The van der Waals surface area contributed by atoms with Crippen LogP contribution in [0.2, 0.25) is 0 Å². The van der Waals surface area contributed by atoms with Crippen LogP contribution in [0.1, 0.15) is 239 Å². The quantitative estimate of drug-likeness (QED) is 0.0228. The highest BCUT2D eigenvalue weighted by atomic mass is 16.7. The van der Waals surface area contributed by atoms with Gasteiger partial charge in [0.05, 0.1) is 6.61 Å². The monoisotopic (exact) mass is 949 g/mol. The van der Waals surface area contributed by atoms with Gasteiger partial charge in [-0.05, 0) is 70.6 Å². The van der Waals surface area contributed by atoms with E-state index in [0.29, 0.717) is 19.3 Å². The summed E-state index contributed by atoms with van der Waals surface area (Å²) in [6, 6.07) is 0. The normalized spacial score (nSPS) is 19.1. The van der Waals surface area contributed by atoms with Crippen LogP contribution in [0.25, 0.3) is 0 Å². The zero-order valence-electron chi connectivity index (χ0n) is 42.4. The van der Waals surface area contributed by atoms with Gasteiger partial charge in [-0.2, -0.15) is 0 Å². The fourth-order valence-electron chi connectivity index (χ4n) is 7.97. The Bertz CT molecular complexity index is 1310. The van der Waals surface area contributed by atoms with E-state index >= 15 is 0 Å². The predicted molar refractivity (Wildman–Crippen MR) is 266 cm³/mol. The van der Waals surface area contributed by atoms with Gasteiger partial charge in [0, 0.05) is 19.3 Å². The molecule has 0 radical (unpaired) electrons. The number of hydrogen-bond acceptors (Lipinski definition) is 11. The average molecular weight is 949 g/mol. The van der Waals surface area contributed by atoms with Gasteiger partial charge < -0.3 is 39.0 Å². The topological polar surface area (TPSA) is 175 Å². The zero-order valence-corrected chi connectivity index (χ0v) is 42.4. The molecule has 1 heterocycles. The van der Waals surface area contributed by atoms with Crippen molar-refractivity contribution in [1.29, 1.82) is 0 Å². The number of unbranched alkanes of at least 4 members (excludes halogenated alkanes) is 25. The van der Waals surface area contributed by atoms with Gasteiger partial charge in [0.1, 0.15) is 18.8 Å². The van der Waals surface area contributed by atoms with E-state index in [9.17, 15) is 34.5 Å². The maximum absolute atomic E-state index is 13.0. The molecule has 3 N–H and O–H groups in total. The Balaban J connectivity index is 2.68. The lowest BCUT2D eigenvalue weighted by Gasteiger charge is -2.40. The molecular formula is C55H96O12. The molecule has 1 rings (SSSR count). The second kappa shape index (κ2) is 44.2. The van der Waals surface area contributed by atoms with Crippen LogP contribution in [0.3, 0.4) is 0 Å². The van der Waals surface area contributed by atoms with Crippen LogP contribution in [0.4, 0.5) is 0 Å². The maximum Gasteiger partial charge on any atom is 0.335 e. The first-order valence-corrected chi connectivity index (χ1v) is 27.0. The molecule has 0 spiro atoms. The molecular weight excluding hydrogens is 853 g/mol. The molecule has 1 saturated heterocycles. The number of carboxylic acid groups (broad SMARTS) is 1. The number of ether oxygens (including phenoxy) is 5. The third-order valence-corrected chi connectivity index (χ3v) is 12.2. The van der Waals surface area contributed by atoms with Crippen LogP contribution in [0.5, 0.6) is 0 Å². The molecule has 1 aliphatic rings. The Morgan fingerprint density at radius 2 is 0.910 bits per heavy atom. The standard InChI is InChI=1S/C55H96O12/c1-4-7-10-13-16-19-21-22-23-24-25-26-28-30-32-35-38-41-47(56)63-44-46(65-48(57)42-39-36-33-29-18-15-12-9-6-3)45-64-55-53(51(60)50(59)52(67-55)54(61)62)66-49(58)43-40-37-34-31-27-20-17-14-11-8-5-2/h14,16-17,19,22-23,46,50-53,55,59-60H,4-13,15,18,20-21,24-45H2,1-3H3,(H,61,62)/b17-14-,19-16-,23-22-. The highest BCUT2D eigenvalue weighted by molar-refractivity contribution is 5.74. The summed E-state index contributed by atoms with van der Waals surface area (Å²) in [4.78, 5) is 50.8. The Labute approximate surface area is 406 Å². The first-order chi connectivity index (χ1) is 32.6. The van der Waals surface area contributed by atoms with E-state index < -0.39 is 67.3 Å². The molecule has 0 aromatic carbocycles. The Hall–Kier alpha value is -3.06. The van der Waals surface area contributed by atoms with E-state index in [1.165, 1.54) is 83.5 Å². The van der Waals surface area contributed by atoms with Crippen molar-refractivity contribution in [2.24, 2.45) is 0 Å². The van der Waals surface area contributed by atoms with Crippen LogP contribution < -0.4 is 0 Å². The van der Waals surface area contributed by atoms with Crippen molar-refractivity contribution in [1.82, 2.24) is 0 Å². The van der Waals surface area contributed by atoms with E-state index in [2.05, 4.69) is 57.2 Å². The summed E-state index contributed by atoms with van der Waals surface area (Å²) >= 11 is 0. The third kappa shape index (κ3) is 34.8. The lowest BCUT2D eigenvalue weighted by molar-refractivity contribution is -0.301. The van der Waals surface area contributed by atoms with Crippen molar-refractivity contribution in [3.8, 4) is 0 Å². The molecule has 0 amide bonds. The second-order valence-electron chi connectivity index (χ2n) is 18.5. The predicted octanol–water partition coefficient (Wildman–Crippen LogP) is 12.9. The summed E-state index contributed by atoms with van der Waals surface area (Å²) in [5.41, 5.74) is 0. The molecule has 6 unspecified atom stereocenters. The van der Waals surface area contributed by atoms with Gasteiger partial charge >= 0.3 is 23.9 Å². The van der Waals surface area contributed by atoms with Gasteiger partial charge in [-0.15, -0.1) is 0 Å². The summed E-state index contributed by atoms with van der Waals surface area (Å²) in [5, 5.41) is 31.3. The molecule has 0 aliphatic carbocycles. The minimum Gasteiger partial charge on any atom is -0.479 e. The number of aliphatic hydroxyl groups excluding tert-OH is 2. The van der Waals surface area contributed by atoms with Crippen LogP contribution in [0.15, 0.2) is 36.5 Å². The number of carboxylic acids is 1. The van der Waals surface area contributed by atoms with Crippen LogP contribution >= 0.6 is 0 Å². The number of rotatable bonds is 45. The van der Waals surface area contributed by atoms with Crippen molar-refractivity contribution in [3.05, 3.63) is 36.5 Å². The molecule has 0 aromatic rings. The van der Waals surface area contributed by atoms with Crippen LogP contribution in [0, 0.1) is 0 Å². The highest BCUT2D eigenvalue weighted by Gasteiger charge is 2.50. The Morgan fingerprint density at radius 1 is 0.493 bits per heavy atom. The van der Waals surface area contributed by atoms with Gasteiger partial charge in [0.2, 0.25) is 0 Å². The SMILES string of the molecule is CCCC/C=C\CCCCCCCC(=O)OC1C(OCC(COC(=O)CCCCCCCCC/C=C\C/C=C\CCCCC)OC(=O)CCCCCCCCCCC)OC(C(=O)O)C(O)C1O. The van der Waals surface area contributed by atoms with E-state index in [1.54, 1.807) is 0 Å². The minimum atomic E-state index is -1.90. The molecule has 6 atom stereocenters. The minimum absolute atomic E-state index is 0.0515. The maximum atomic E-state index is 13.0. The molecule has 0 aromatic heterocycles. The fourth-order valence-corrected chi connectivity index (χ4v) is 7.97.